The van der Waals surface area contributed by atoms with Gasteiger partial charge in [0.15, 0.2) is 0 Å². The normalized spacial score (nSPS) is 18.0. The molecule has 0 aromatic heterocycles. The highest BCUT2D eigenvalue weighted by Gasteiger charge is 2.24. The van der Waals surface area contributed by atoms with E-state index in [0.29, 0.717) is 18.9 Å². The summed E-state index contributed by atoms with van der Waals surface area (Å²) < 4.78 is 13.2. The molecule has 0 saturated carbocycles. The molecule has 5 heteroatoms. The fourth-order valence-corrected chi connectivity index (χ4v) is 3.16. The number of nitrogens with zero attached hydrogens (tertiary/aromatic N) is 2. The maximum atomic E-state index is 13.2. The van der Waals surface area contributed by atoms with E-state index in [1.54, 1.807) is 25.1 Å². The number of hydrogen-bond acceptors (Lipinski definition) is 3. The summed E-state index contributed by atoms with van der Waals surface area (Å²) in [7, 11) is 3.58. The summed E-state index contributed by atoms with van der Waals surface area (Å²) in [6.07, 6.45) is 1.97. The summed E-state index contributed by atoms with van der Waals surface area (Å²) in [6, 6.07) is 4.51. The van der Waals surface area contributed by atoms with Crippen molar-refractivity contribution in [1.29, 1.82) is 0 Å². The van der Waals surface area contributed by atoms with E-state index in [-0.39, 0.29) is 11.7 Å². The highest BCUT2D eigenvalue weighted by Crippen LogP contribution is 2.24. The van der Waals surface area contributed by atoms with E-state index in [0.717, 1.165) is 37.1 Å². The second-order valence-electron chi connectivity index (χ2n) is 6.75. The van der Waals surface area contributed by atoms with Crippen molar-refractivity contribution in [2.24, 2.45) is 5.92 Å². The number of rotatable bonds is 5. The van der Waals surface area contributed by atoms with Gasteiger partial charge in [-0.05, 0) is 62.0 Å². The van der Waals surface area contributed by atoms with Gasteiger partial charge in [0.25, 0.3) is 0 Å². The van der Waals surface area contributed by atoms with Crippen molar-refractivity contribution in [3.8, 4) is 0 Å². The third kappa shape index (κ3) is 5.01. The summed E-state index contributed by atoms with van der Waals surface area (Å²) in [4.78, 5) is 15.6. The van der Waals surface area contributed by atoms with Gasteiger partial charge >= 0.3 is 0 Å². The van der Waals surface area contributed by atoms with Gasteiger partial charge in [-0.2, -0.15) is 0 Å². The first-order valence-electron chi connectivity index (χ1n) is 8.23. The molecule has 1 heterocycles. The van der Waals surface area contributed by atoms with Gasteiger partial charge in [-0.3, -0.25) is 4.79 Å². The Morgan fingerprint density at radius 1 is 1.39 bits per heavy atom. The van der Waals surface area contributed by atoms with Crippen LogP contribution in [0.15, 0.2) is 18.2 Å². The van der Waals surface area contributed by atoms with Crippen LogP contribution in [0.2, 0.25) is 0 Å². The highest BCUT2D eigenvalue weighted by atomic mass is 19.1. The third-order valence-corrected chi connectivity index (χ3v) is 4.69. The molecule has 0 bridgehead atoms. The molecule has 1 N–H and O–H groups in total. The van der Waals surface area contributed by atoms with Gasteiger partial charge in [-0.1, -0.05) is 6.07 Å². The molecule has 1 saturated heterocycles. The lowest BCUT2D eigenvalue weighted by atomic mass is 9.92. The zero-order valence-electron chi connectivity index (χ0n) is 14.3. The SMILES string of the molecule is Cc1cc(F)ccc1C(O)CN1CCC(CC(=O)N(C)C)CC1. The average Bonchev–Trinajstić information content (AvgIpc) is 2.48. The quantitative estimate of drug-likeness (QED) is 0.905. The smallest absolute Gasteiger partial charge is 0.222 e. The zero-order chi connectivity index (χ0) is 17.0. The van der Waals surface area contributed by atoms with Crippen LogP contribution in [-0.2, 0) is 4.79 Å². The molecule has 1 amide bonds. The monoisotopic (exact) mass is 322 g/mol. The van der Waals surface area contributed by atoms with Gasteiger partial charge in [0.1, 0.15) is 5.82 Å². The second kappa shape index (κ2) is 7.88. The molecule has 2 rings (SSSR count). The molecule has 0 aliphatic carbocycles. The van der Waals surface area contributed by atoms with Crippen molar-refractivity contribution in [3.63, 3.8) is 0 Å². The van der Waals surface area contributed by atoms with Crippen LogP contribution < -0.4 is 0 Å². The summed E-state index contributed by atoms with van der Waals surface area (Å²) in [6.45, 7) is 4.16. The zero-order valence-corrected chi connectivity index (χ0v) is 14.3. The molecule has 1 atom stereocenters. The maximum Gasteiger partial charge on any atom is 0.222 e. The van der Waals surface area contributed by atoms with Gasteiger partial charge in [0.2, 0.25) is 5.91 Å². The Kier molecular flexibility index (Phi) is 6.13. The number of carbonyl (C=O) groups excluding carboxylic acids is 1. The van der Waals surface area contributed by atoms with Crippen LogP contribution in [0, 0.1) is 18.7 Å². The number of benzene rings is 1. The average molecular weight is 322 g/mol. The summed E-state index contributed by atoms with van der Waals surface area (Å²) >= 11 is 0. The van der Waals surface area contributed by atoms with Gasteiger partial charge < -0.3 is 14.9 Å². The van der Waals surface area contributed by atoms with E-state index in [9.17, 15) is 14.3 Å². The van der Waals surface area contributed by atoms with Gasteiger partial charge in [0.05, 0.1) is 6.10 Å². The molecule has 1 aliphatic rings. The van der Waals surface area contributed by atoms with Crippen molar-refractivity contribution in [3.05, 3.63) is 35.1 Å². The van der Waals surface area contributed by atoms with Crippen molar-refractivity contribution < 1.29 is 14.3 Å². The molecule has 1 aliphatic heterocycles. The van der Waals surface area contributed by atoms with Crippen LogP contribution in [0.3, 0.4) is 0 Å². The number of hydrogen-bond donors (Lipinski definition) is 1. The molecule has 1 aromatic rings. The molecule has 128 valence electrons. The van der Waals surface area contributed by atoms with Crippen LogP contribution in [0.25, 0.3) is 0 Å². The van der Waals surface area contributed by atoms with Gasteiger partial charge in [0, 0.05) is 27.1 Å². The Hall–Kier alpha value is -1.46. The number of likely N-dealkylation sites (tertiary alicyclic amines) is 1. The minimum Gasteiger partial charge on any atom is -0.387 e. The number of aliphatic hydroxyl groups excluding tert-OH is 1. The summed E-state index contributed by atoms with van der Waals surface area (Å²) in [5, 5.41) is 10.4. The second-order valence-corrected chi connectivity index (χ2v) is 6.75. The largest absolute Gasteiger partial charge is 0.387 e. The lowest BCUT2D eigenvalue weighted by Gasteiger charge is -2.33. The van der Waals surface area contributed by atoms with E-state index in [1.165, 1.54) is 12.1 Å². The number of carbonyl (C=O) groups is 1. The maximum absolute atomic E-state index is 13.2. The Labute approximate surface area is 137 Å². The minimum absolute atomic E-state index is 0.186. The molecule has 1 fully saturated rings. The highest BCUT2D eigenvalue weighted by molar-refractivity contribution is 5.75. The van der Waals surface area contributed by atoms with Crippen molar-refractivity contribution in [2.45, 2.75) is 32.3 Å². The molecular weight excluding hydrogens is 295 g/mol. The first-order valence-corrected chi connectivity index (χ1v) is 8.23. The number of aryl methyl sites for hydroxylation is 1. The first kappa shape index (κ1) is 17.9. The Morgan fingerprint density at radius 3 is 2.61 bits per heavy atom. The Balaban J connectivity index is 1.83. The molecule has 4 nitrogen and oxygen atoms in total. The van der Waals surface area contributed by atoms with Gasteiger partial charge in [-0.25, -0.2) is 4.39 Å². The number of β-amino-alcohol motifs (C(OH)–C–C–N with tert-alkyl or cyclic N) is 1. The first-order chi connectivity index (χ1) is 10.9. The number of piperidine rings is 1. The molecule has 0 radical (unpaired) electrons. The van der Waals surface area contributed by atoms with Crippen LogP contribution in [0.1, 0.15) is 36.5 Å². The third-order valence-electron chi connectivity index (χ3n) is 4.69. The van der Waals surface area contributed by atoms with E-state index in [2.05, 4.69) is 4.90 Å². The molecule has 1 unspecified atom stereocenters. The van der Waals surface area contributed by atoms with Crippen LogP contribution in [0.4, 0.5) is 4.39 Å². The fraction of sp³-hybridized carbons (Fsp3) is 0.611. The van der Waals surface area contributed by atoms with Crippen molar-refractivity contribution >= 4 is 5.91 Å². The van der Waals surface area contributed by atoms with E-state index in [4.69, 9.17) is 0 Å². The predicted molar refractivity (Wildman–Crippen MR) is 88.6 cm³/mol. The van der Waals surface area contributed by atoms with Gasteiger partial charge in [-0.15, -0.1) is 0 Å². The number of halogens is 1. The number of aliphatic hydroxyl groups is 1. The van der Waals surface area contributed by atoms with E-state index < -0.39 is 6.10 Å². The Bertz CT molecular complexity index is 540. The van der Waals surface area contributed by atoms with Crippen LogP contribution in [-0.4, -0.2) is 54.5 Å². The van der Waals surface area contributed by atoms with Crippen LogP contribution in [0.5, 0.6) is 0 Å². The summed E-state index contributed by atoms with van der Waals surface area (Å²) in [5.41, 5.74) is 1.57. The molecule has 23 heavy (non-hydrogen) atoms. The number of amides is 1. The van der Waals surface area contributed by atoms with E-state index >= 15 is 0 Å². The molecule has 0 spiro atoms. The lowest BCUT2D eigenvalue weighted by Crippen LogP contribution is -2.38. The van der Waals surface area contributed by atoms with Crippen molar-refractivity contribution in [1.82, 2.24) is 9.80 Å². The minimum atomic E-state index is -0.601. The summed E-state index contributed by atoms with van der Waals surface area (Å²) in [5.74, 6) is 0.348. The van der Waals surface area contributed by atoms with Crippen LogP contribution >= 0.6 is 0 Å². The molecule has 1 aromatic carbocycles. The topological polar surface area (TPSA) is 43.8 Å². The lowest BCUT2D eigenvalue weighted by molar-refractivity contribution is -0.130. The van der Waals surface area contributed by atoms with Crippen molar-refractivity contribution in [2.75, 3.05) is 33.7 Å². The predicted octanol–water partition coefficient (Wildman–Crippen LogP) is 2.36. The Morgan fingerprint density at radius 2 is 2.04 bits per heavy atom. The standard InChI is InChI=1S/C18H27FN2O2/c1-13-10-15(19)4-5-16(13)17(22)12-21-8-6-14(7-9-21)11-18(23)20(2)3/h4-5,10,14,17,22H,6-9,11-12H2,1-3H3. The fourth-order valence-electron chi connectivity index (χ4n) is 3.16. The van der Waals surface area contributed by atoms with E-state index in [1.807, 2.05) is 6.92 Å². The molecular formula is C18H27FN2O2.